The molecule has 0 aromatic carbocycles. The van der Waals surface area contributed by atoms with E-state index in [1.54, 1.807) is 0 Å². The van der Waals surface area contributed by atoms with Crippen LogP contribution in [0.15, 0.2) is 48.2 Å². The van der Waals surface area contributed by atoms with E-state index in [1.165, 1.54) is 11.3 Å². The van der Waals surface area contributed by atoms with Crippen molar-refractivity contribution in [3.63, 3.8) is 0 Å². The molecule has 1 heterocycles. The van der Waals surface area contributed by atoms with Crippen LogP contribution in [0.3, 0.4) is 0 Å². The highest BCUT2D eigenvalue weighted by molar-refractivity contribution is 5.37. The van der Waals surface area contributed by atoms with Gasteiger partial charge in [0.2, 0.25) is 0 Å². The molecule has 1 rings (SSSR count). The zero-order valence-corrected chi connectivity index (χ0v) is 14.1. The van der Waals surface area contributed by atoms with Crippen molar-refractivity contribution in [2.45, 2.75) is 60.0 Å². The highest BCUT2D eigenvalue weighted by Gasteiger charge is 2.37. The summed E-state index contributed by atoms with van der Waals surface area (Å²) in [4.78, 5) is 2.58. The zero-order valence-electron chi connectivity index (χ0n) is 14.1. The van der Waals surface area contributed by atoms with E-state index < -0.39 is 0 Å². The van der Waals surface area contributed by atoms with Crippen molar-refractivity contribution < 1.29 is 0 Å². The monoisotopic (exact) mass is 273 g/mol. The van der Waals surface area contributed by atoms with Gasteiger partial charge in [0.15, 0.2) is 0 Å². The molecule has 0 spiro atoms. The Morgan fingerprint density at radius 3 is 2.40 bits per heavy atom. The molecule has 3 unspecified atom stereocenters. The predicted molar refractivity (Wildman–Crippen MR) is 90.6 cm³/mol. The van der Waals surface area contributed by atoms with E-state index in [0.717, 1.165) is 6.42 Å². The average molecular weight is 273 g/mol. The van der Waals surface area contributed by atoms with Crippen LogP contribution in [-0.2, 0) is 0 Å². The van der Waals surface area contributed by atoms with E-state index in [-0.39, 0.29) is 0 Å². The third kappa shape index (κ3) is 3.26. The van der Waals surface area contributed by atoms with Crippen LogP contribution in [0.5, 0.6) is 0 Å². The molecular formula is C19H31N. The Balaban J connectivity index is 3.28. The molecule has 1 nitrogen and oxygen atoms in total. The molecule has 0 bridgehead atoms. The lowest BCUT2D eigenvalue weighted by atomic mass is 9.94. The van der Waals surface area contributed by atoms with Gasteiger partial charge in [-0.2, -0.15) is 0 Å². The van der Waals surface area contributed by atoms with Crippen LogP contribution in [0.2, 0.25) is 0 Å². The predicted octanol–water partition coefficient (Wildman–Crippen LogP) is 5.33. The fourth-order valence-electron chi connectivity index (χ4n) is 2.95. The number of nitrogens with zero attached hydrogens (tertiary/aromatic N) is 1. The molecule has 0 fully saturated rings. The Kier molecular flexibility index (Phi) is 6.32. The molecule has 1 aliphatic rings. The first-order valence-electron chi connectivity index (χ1n) is 7.90. The van der Waals surface area contributed by atoms with E-state index >= 15 is 0 Å². The van der Waals surface area contributed by atoms with Crippen LogP contribution in [0.1, 0.15) is 48.0 Å². The van der Waals surface area contributed by atoms with E-state index in [2.05, 4.69) is 83.4 Å². The minimum absolute atomic E-state index is 0.409. The van der Waals surface area contributed by atoms with Crippen molar-refractivity contribution in [2.75, 3.05) is 0 Å². The van der Waals surface area contributed by atoms with Crippen LogP contribution in [0, 0.1) is 11.8 Å². The Hall–Kier alpha value is -1.24. The molecule has 0 saturated heterocycles. The maximum absolute atomic E-state index is 4.06. The SMILES string of the molecule is C=CC1C(C)=C(C=CCC)N(C(C)C(C)C)C1C=CC. The van der Waals surface area contributed by atoms with Crippen molar-refractivity contribution >= 4 is 0 Å². The fourth-order valence-corrected chi connectivity index (χ4v) is 2.95. The first kappa shape index (κ1) is 16.8. The summed E-state index contributed by atoms with van der Waals surface area (Å²) in [5.41, 5.74) is 2.83. The van der Waals surface area contributed by atoms with Crippen molar-refractivity contribution in [1.82, 2.24) is 4.90 Å². The quantitative estimate of drug-likeness (QED) is 0.591. The minimum atomic E-state index is 0.409. The van der Waals surface area contributed by atoms with Gasteiger partial charge in [-0.15, -0.1) is 6.58 Å². The average Bonchev–Trinajstić information content (AvgIpc) is 2.67. The summed E-state index contributed by atoms with van der Waals surface area (Å²) in [6.07, 6.45) is 12.2. The molecule has 0 aliphatic carbocycles. The molecule has 0 radical (unpaired) electrons. The van der Waals surface area contributed by atoms with Gasteiger partial charge < -0.3 is 4.90 Å². The minimum Gasteiger partial charge on any atom is -0.361 e. The van der Waals surface area contributed by atoms with Gasteiger partial charge in [-0.05, 0) is 44.8 Å². The normalized spacial score (nSPS) is 25.4. The molecule has 0 amide bonds. The summed E-state index contributed by atoms with van der Waals surface area (Å²) in [6, 6.07) is 0.930. The van der Waals surface area contributed by atoms with Gasteiger partial charge in [-0.1, -0.05) is 45.1 Å². The van der Waals surface area contributed by atoms with Crippen LogP contribution in [0.4, 0.5) is 0 Å². The molecule has 0 aromatic rings. The van der Waals surface area contributed by atoms with Gasteiger partial charge in [-0.25, -0.2) is 0 Å². The van der Waals surface area contributed by atoms with Gasteiger partial charge in [0.25, 0.3) is 0 Å². The first-order valence-corrected chi connectivity index (χ1v) is 7.90. The van der Waals surface area contributed by atoms with Crippen LogP contribution in [0.25, 0.3) is 0 Å². The lowest BCUT2D eigenvalue weighted by Gasteiger charge is -2.37. The number of allylic oxidation sites excluding steroid dienone is 3. The summed E-state index contributed by atoms with van der Waals surface area (Å²) in [5, 5.41) is 0. The van der Waals surface area contributed by atoms with Gasteiger partial charge in [0, 0.05) is 17.7 Å². The number of rotatable bonds is 6. The molecular weight excluding hydrogens is 242 g/mol. The standard InChI is InChI=1S/C19H31N/c1-8-11-13-18-15(6)17(10-3)19(12-9-2)20(18)16(7)14(4)5/h9-14,16-17,19H,3,8H2,1-2,4-7H3. The molecule has 0 aromatic heterocycles. The number of hydrogen-bond donors (Lipinski definition) is 0. The molecule has 3 atom stereocenters. The summed E-state index contributed by atoms with van der Waals surface area (Å²) in [6.45, 7) is 17.5. The van der Waals surface area contributed by atoms with Crippen molar-refractivity contribution in [3.8, 4) is 0 Å². The highest BCUT2D eigenvalue weighted by atomic mass is 15.2. The topological polar surface area (TPSA) is 3.24 Å². The van der Waals surface area contributed by atoms with Crippen LogP contribution in [-0.4, -0.2) is 17.0 Å². The van der Waals surface area contributed by atoms with Crippen LogP contribution >= 0.6 is 0 Å². The zero-order chi connectivity index (χ0) is 15.3. The molecule has 20 heavy (non-hydrogen) atoms. The second-order valence-electron chi connectivity index (χ2n) is 6.05. The van der Waals surface area contributed by atoms with E-state index in [4.69, 9.17) is 0 Å². The highest BCUT2D eigenvalue weighted by Crippen LogP contribution is 2.39. The van der Waals surface area contributed by atoms with E-state index in [0.29, 0.717) is 23.9 Å². The van der Waals surface area contributed by atoms with Crippen molar-refractivity contribution in [3.05, 3.63) is 48.2 Å². The lowest BCUT2D eigenvalue weighted by molar-refractivity contribution is 0.193. The third-order valence-electron chi connectivity index (χ3n) is 4.43. The summed E-state index contributed by atoms with van der Waals surface area (Å²) < 4.78 is 0. The van der Waals surface area contributed by atoms with E-state index in [9.17, 15) is 0 Å². The van der Waals surface area contributed by atoms with Gasteiger partial charge >= 0.3 is 0 Å². The van der Waals surface area contributed by atoms with Crippen LogP contribution < -0.4 is 0 Å². The lowest BCUT2D eigenvalue weighted by Crippen LogP contribution is -2.41. The van der Waals surface area contributed by atoms with Gasteiger partial charge in [0.1, 0.15) is 0 Å². The largest absolute Gasteiger partial charge is 0.361 e. The molecule has 1 heteroatoms. The maximum Gasteiger partial charge on any atom is 0.0576 e. The Morgan fingerprint density at radius 2 is 1.95 bits per heavy atom. The first-order chi connectivity index (χ1) is 9.49. The molecule has 0 N–H and O–H groups in total. The third-order valence-corrected chi connectivity index (χ3v) is 4.43. The van der Waals surface area contributed by atoms with Crippen molar-refractivity contribution in [2.24, 2.45) is 11.8 Å². The summed E-state index contributed by atoms with van der Waals surface area (Å²) in [7, 11) is 0. The van der Waals surface area contributed by atoms with Gasteiger partial charge in [-0.3, -0.25) is 0 Å². The molecule has 0 saturated carbocycles. The summed E-state index contributed by atoms with van der Waals surface area (Å²) in [5.74, 6) is 1.05. The number of hydrogen-bond acceptors (Lipinski definition) is 1. The molecule has 112 valence electrons. The Bertz CT molecular complexity index is 411. The van der Waals surface area contributed by atoms with Crippen molar-refractivity contribution in [1.29, 1.82) is 0 Å². The van der Waals surface area contributed by atoms with E-state index in [1.807, 2.05) is 0 Å². The van der Waals surface area contributed by atoms with Gasteiger partial charge in [0.05, 0.1) is 6.04 Å². The fraction of sp³-hybridized carbons (Fsp3) is 0.579. The molecule has 1 aliphatic heterocycles. The smallest absolute Gasteiger partial charge is 0.0576 e. The second kappa shape index (κ2) is 7.52. The Labute approximate surface area is 125 Å². The second-order valence-corrected chi connectivity index (χ2v) is 6.05. The summed E-state index contributed by atoms with van der Waals surface area (Å²) >= 11 is 0. The maximum atomic E-state index is 4.06. The Morgan fingerprint density at radius 1 is 1.30 bits per heavy atom.